The molecule has 1 unspecified atom stereocenters. The molecule has 0 saturated carbocycles. The van der Waals surface area contributed by atoms with Crippen molar-refractivity contribution in [3.8, 4) is 0 Å². The average molecular weight is 404 g/mol. The summed E-state index contributed by atoms with van der Waals surface area (Å²) in [6, 6.07) is 12.4. The van der Waals surface area contributed by atoms with Crippen LogP contribution >= 0.6 is 15.9 Å². The van der Waals surface area contributed by atoms with E-state index in [2.05, 4.69) is 21.2 Å². The Morgan fingerprint density at radius 3 is 2.28 bits per heavy atom. The van der Waals surface area contributed by atoms with Crippen molar-refractivity contribution in [1.82, 2.24) is 10.2 Å². The molecule has 0 aliphatic carbocycles. The molecule has 1 heterocycles. The molecule has 1 aliphatic rings. The van der Waals surface area contributed by atoms with Crippen molar-refractivity contribution in [2.24, 2.45) is 0 Å². The van der Waals surface area contributed by atoms with Crippen LogP contribution in [0.2, 0.25) is 0 Å². The van der Waals surface area contributed by atoms with Crippen molar-refractivity contribution in [3.63, 3.8) is 0 Å². The first-order chi connectivity index (χ1) is 11.8. The summed E-state index contributed by atoms with van der Waals surface area (Å²) in [6.45, 7) is 1.75. The highest BCUT2D eigenvalue weighted by Crippen LogP contribution is 2.31. The highest BCUT2D eigenvalue weighted by molar-refractivity contribution is 9.10. The molecule has 3 amide bonds. The second-order valence-corrected chi connectivity index (χ2v) is 6.79. The van der Waals surface area contributed by atoms with Crippen molar-refractivity contribution >= 4 is 33.6 Å². The molecule has 1 fully saturated rings. The summed E-state index contributed by atoms with van der Waals surface area (Å²) >= 11 is 3.34. The first-order valence-corrected chi connectivity index (χ1v) is 8.24. The van der Waals surface area contributed by atoms with Crippen LogP contribution in [0.5, 0.6) is 0 Å². The molecule has 1 atom stereocenters. The minimum Gasteiger partial charge on any atom is -0.319 e. The lowest BCUT2D eigenvalue weighted by Gasteiger charge is -2.22. The maximum absolute atomic E-state index is 12.8. The molecule has 2 aromatic rings. The Hall–Kier alpha value is -2.74. The van der Waals surface area contributed by atoms with Crippen LogP contribution in [-0.2, 0) is 16.9 Å². The Morgan fingerprint density at radius 1 is 1.12 bits per heavy atom. The van der Waals surface area contributed by atoms with Gasteiger partial charge in [-0.1, -0.05) is 28.1 Å². The lowest BCUT2D eigenvalue weighted by molar-refractivity contribution is -0.384. The molecule has 7 nitrogen and oxygen atoms in total. The van der Waals surface area contributed by atoms with Gasteiger partial charge in [-0.25, -0.2) is 4.79 Å². The minimum absolute atomic E-state index is 0.0733. The van der Waals surface area contributed by atoms with Crippen LogP contribution in [0.25, 0.3) is 0 Å². The SMILES string of the molecule is CC1(c2ccc([N+](=O)[O-])cc2)NC(=O)N(Cc2ccc(Br)cc2)C1=O. The maximum atomic E-state index is 12.8. The van der Waals surface area contributed by atoms with Crippen LogP contribution in [-0.4, -0.2) is 21.8 Å². The Kier molecular flexibility index (Phi) is 4.30. The largest absolute Gasteiger partial charge is 0.325 e. The smallest absolute Gasteiger partial charge is 0.319 e. The van der Waals surface area contributed by atoms with E-state index in [9.17, 15) is 19.7 Å². The number of carbonyl (C=O) groups excluding carboxylic acids is 2. The van der Waals surface area contributed by atoms with Gasteiger partial charge in [-0.05, 0) is 42.3 Å². The summed E-state index contributed by atoms with van der Waals surface area (Å²) in [5.41, 5.74) is -0.00747. The number of rotatable bonds is 4. The maximum Gasteiger partial charge on any atom is 0.325 e. The van der Waals surface area contributed by atoms with Gasteiger partial charge in [0.1, 0.15) is 5.54 Å². The molecule has 0 aromatic heterocycles. The van der Waals surface area contributed by atoms with Gasteiger partial charge in [0.15, 0.2) is 0 Å². The van der Waals surface area contributed by atoms with Crippen LogP contribution in [0.4, 0.5) is 10.5 Å². The number of nitro groups is 1. The lowest BCUT2D eigenvalue weighted by Crippen LogP contribution is -2.40. The molecule has 3 rings (SSSR count). The van der Waals surface area contributed by atoms with Gasteiger partial charge in [-0.15, -0.1) is 0 Å². The Morgan fingerprint density at radius 2 is 1.72 bits per heavy atom. The van der Waals surface area contributed by atoms with E-state index in [0.717, 1.165) is 14.9 Å². The molecule has 25 heavy (non-hydrogen) atoms. The predicted octanol–water partition coefficient (Wildman–Crippen LogP) is 3.32. The number of hydrogen-bond acceptors (Lipinski definition) is 4. The fourth-order valence-corrected chi connectivity index (χ4v) is 2.99. The number of non-ortho nitro benzene ring substituents is 1. The highest BCUT2D eigenvalue weighted by atomic mass is 79.9. The number of benzene rings is 2. The zero-order chi connectivity index (χ0) is 18.2. The Bertz CT molecular complexity index is 851. The summed E-state index contributed by atoms with van der Waals surface area (Å²) < 4.78 is 0.907. The predicted molar refractivity (Wildman–Crippen MR) is 93.7 cm³/mol. The molecule has 1 N–H and O–H groups in total. The zero-order valence-corrected chi connectivity index (χ0v) is 14.8. The topological polar surface area (TPSA) is 92.6 Å². The molecular formula is C17H14BrN3O4. The van der Waals surface area contributed by atoms with Gasteiger partial charge in [0.25, 0.3) is 11.6 Å². The lowest BCUT2D eigenvalue weighted by atomic mass is 9.92. The van der Waals surface area contributed by atoms with E-state index in [0.29, 0.717) is 5.56 Å². The Labute approximate surface area is 151 Å². The number of amides is 3. The second-order valence-electron chi connectivity index (χ2n) is 5.88. The van der Waals surface area contributed by atoms with E-state index in [1.807, 2.05) is 24.3 Å². The van der Waals surface area contributed by atoms with Gasteiger partial charge in [0.2, 0.25) is 0 Å². The second kappa shape index (κ2) is 6.29. The number of nitrogens with one attached hydrogen (secondary N) is 1. The molecule has 1 aliphatic heterocycles. The number of hydrogen-bond donors (Lipinski definition) is 1. The van der Waals surface area contributed by atoms with E-state index >= 15 is 0 Å². The van der Waals surface area contributed by atoms with Gasteiger partial charge in [0.05, 0.1) is 11.5 Å². The van der Waals surface area contributed by atoms with Crippen molar-refractivity contribution < 1.29 is 14.5 Å². The van der Waals surface area contributed by atoms with Crippen LogP contribution in [0.3, 0.4) is 0 Å². The van der Waals surface area contributed by atoms with Gasteiger partial charge < -0.3 is 5.32 Å². The van der Waals surface area contributed by atoms with E-state index in [1.165, 1.54) is 24.3 Å². The summed E-state index contributed by atoms with van der Waals surface area (Å²) in [5.74, 6) is -0.394. The number of urea groups is 1. The van der Waals surface area contributed by atoms with Crippen molar-refractivity contribution in [2.45, 2.75) is 19.0 Å². The number of halogens is 1. The standard InChI is InChI=1S/C17H14BrN3O4/c1-17(12-4-8-14(9-5-12)21(24)25)15(22)20(16(23)19-17)10-11-2-6-13(18)7-3-11/h2-9H,10H2,1H3,(H,19,23). The fourth-order valence-electron chi connectivity index (χ4n) is 2.73. The normalized spacial score (nSPS) is 19.8. The average Bonchev–Trinajstić information content (AvgIpc) is 2.81. The number of nitrogens with zero attached hydrogens (tertiary/aromatic N) is 2. The number of carbonyl (C=O) groups is 2. The van der Waals surface area contributed by atoms with Gasteiger partial charge in [-0.2, -0.15) is 0 Å². The van der Waals surface area contributed by atoms with Crippen molar-refractivity contribution in [1.29, 1.82) is 0 Å². The first-order valence-electron chi connectivity index (χ1n) is 7.45. The summed E-state index contributed by atoms with van der Waals surface area (Å²) in [5, 5.41) is 13.5. The highest BCUT2D eigenvalue weighted by Gasteiger charge is 2.48. The van der Waals surface area contributed by atoms with Crippen LogP contribution < -0.4 is 5.32 Å². The quantitative estimate of drug-likeness (QED) is 0.481. The Balaban J connectivity index is 1.86. The van der Waals surface area contributed by atoms with E-state index in [1.54, 1.807) is 6.92 Å². The van der Waals surface area contributed by atoms with E-state index in [-0.39, 0.29) is 12.2 Å². The molecule has 0 bridgehead atoms. The molecule has 0 spiro atoms. The molecule has 128 valence electrons. The summed E-state index contributed by atoms with van der Waals surface area (Å²) in [4.78, 5) is 36.5. The summed E-state index contributed by atoms with van der Waals surface area (Å²) in [6.07, 6.45) is 0. The number of nitro benzene ring substituents is 1. The van der Waals surface area contributed by atoms with Crippen LogP contribution in [0.1, 0.15) is 18.1 Å². The van der Waals surface area contributed by atoms with Gasteiger partial charge >= 0.3 is 6.03 Å². The van der Waals surface area contributed by atoms with Crippen molar-refractivity contribution in [2.75, 3.05) is 0 Å². The van der Waals surface area contributed by atoms with Gasteiger partial charge in [0, 0.05) is 16.6 Å². The molecule has 8 heteroatoms. The van der Waals surface area contributed by atoms with Crippen LogP contribution in [0.15, 0.2) is 53.0 Å². The van der Waals surface area contributed by atoms with Crippen LogP contribution in [0, 0.1) is 10.1 Å². The zero-order valence-electron chi connectivity index (χ0n) is 13.2. The van der Waals surface area contributed by atoms with E-state index in [4.69, 9.17) is 0 Å². The van der Waals surface area contributed by atoms with E-state index < -0.39 is 22.4 Å². The van der Waals surface area contributed by atoms with Gasteiger partial charge in [-0.3, -0.25) is 19.8 Å². The molecule has 2 aromatic carbocycles. The minimum atomic E-state index is -1.25. The first kappa shape index (κ1) is 17.1. The van der Waals surface area contributed by atoms with Crippen molar-refractivity contribution in [3.05, 3.63) is 74.2 Å². The molecular weight excluding hydrogens is 390 g/mol. The fraction of sp³-hybridized carbons (Fsp3) is 0.176. The number of imide groups is 1. The third-order valence-electron chi connectivity index (χ3n) is 4.18. The monoisotopic (exact) mass is 403 g/mol. The molecule has 0 radical (unpaired) electrons. The third kappa shape index (κ3) is 3.12. The third-order valence-corrected chi connectivity index (χ3v) is 4.71. The molecule has 1 saturated heterocycles. The summed E-state index contributed by atoms with van der Waals surface area (Å²) in [7, 11) is 0.